The number of nitrogens with one attached hydrogen (secondary N) is 1. The summed E-state index contributed by atoms with van der Waals surface area (Å²) in [5.41, 5.74) is 1.64. The minimum atomic E-state index is 0.584. The Bertz CT molecular complexity index is 504. The number of halogens is 1. The van der Waals surface area contributed by atoms with Crippen molar-refractivity contribution in [2.45, 2.75) is 12.8 Å². The maximum atomic E-state index is 3.56. The fraction of sp³-hybridized carbons (Fsp3) is 0.333. The van der Waals surface area contributed by atoms with Gasteiger partial charge in [-0.1, -0.05) is 0 Å². The van der Waals surface area contributed by atoms with Crippen LogP contribution in [0.2, 0.25) is 0 Å². The van der Waals surface area contributed by atoms with Crippen LogP contribution in [0, 0.1) is 0 Å². The molecule has 0 amide bonds. The zero-order valence-electron chi connectivity index (χ0n) is 8.35. The first-order valence-corrected chi connectivity index (χ1v) is 7.76. The predicted molar refractivity (Wildman–Crippen MR) is 68.9 cm³/mol. The van der Waals surface area contributed by atoms with Crippen molar-refractivity contribution in [1.29, 1.82) is 0 Å². The van der Waals surface area contributed by atoms with Crippen molar-refractivity contribution >= 4 is 40.1 Å². The van der Waals surface area contributed by atoms with E-state index < -0.39 is 0 Å². The van der Waals surface area contributed by atoms with Crippen molar-refractivity contribution in [3.05, 3.63) is 32.7 Å². The molecular formula is C12H12BrNSe. The van der Waals surface area contributed by atoms with E-state index in [2.05, 4.69) is 39.4 Å². The van der Waals surface area contributed by atoms with Crippen LogP contribution in [0.5, 0.6) is 0 Å². The summed E-state index contributed by atoms with van der Waals surface area (Å²) in [4.78, 5) is 0. The Balaban J connectivity index is 2.23. The van der Waals surface area contributed by atoms with Gasteiger partial charge in [0.2, 0.25) is 0 Å². The Labute approximate surface area is 104 Å². The minimum absolute atomic E-state index is 0.584. The van der Waals surface area contributed by atoms with Crippen LogP contribution in [0.25, 0.3) is 9.65 Å². The summed E-state index contributed by atoms with van der Waals surface area (Å²) >= 11 is 4.14. The molecule has 1 aliphatic heterocycles. The van der Waals surface area contributed by atoms with E-state index in [0.717, 1.165) is 13.1 Å². The van der Waals surface area contributed by atoms with Crippen LogP contribution in [0.4, 0.5) is 0 Å². The maximum absolute atomic E-state index is 3.56. The third-order valence-electron chi connectivity index (χ3n) is 2.92. The number of rotatable bonds is 0. The average Bonchev–Trinajstić information content (AvgIpc) is 2.42. The molecule has 1 aliphatic rings. The summed E-state index contributed by atoms with van der Waals surface area (Å²) in [5, 5.41) is 5.00. The number of hydrogen-bond acceptors (Lipinski definition) is 1. The van der Waals surface area contributed by atoms with E-state index in [1.165, 1.54) is 22.7 Å². The summed E-state index contributed by atoms with van der Waals surface area (Å²) in [6, 6.07) is 6.76. The quantitative estimate of drug-likeness (QED) is 0.732. The molecule has 78 valence electrons. The molecule has 2 aromatic rings. The fourth-order valence-corrected chi connectivity index (χ4v) is 5.60. The van der Waals surface area contributed by atoms with Crippen LogP contribution in [0.3, 0.4) is 0 Å². The van der Waals surface area contributed by atoms with Gasteiger partial charge < -0.3 is 0 Å². The van der Waals surface area contributed by atoms with Crippen LogP contribution in [0.15, 0.2) is 22.7 Å². The van der Waals surface area contributed by atoms with Gasteiger partial charge in [0, 0.05) is 0 Å². The second-order valence-electron chi connectivity index (χ2n) is 3.89. The van der Waals surface area contributed by atoms with E-state index in [1.54, 1.807) is 14.3 Å². The van der Waals surface area contributed by atoms with Crippen LogP contribution in [-0.4, -0.2) is 27.6 Å². The molecule has 3 heteroatoms. The van der Waals surface area contributed by atoms with Gasteiger partial charge in [0.25, 0.3) is 0 Å². The van der Waals surface area contributed by atoms with E-state index in [-0.39, 0.29) is 0 Å². The predicted octanol–water partition coefficient (Wildman–Crippen LogP) is 2.35. The number of fused-ring (bicyclic) bond motifs is 3. The molecule has 1 N–H and O–H groups in total. The van der Waals surface area contributed by atoms with Gasteiger partial charge in [-0.25, -0.2) is 0 Å². The molecular weight excluding hydrogens is 317 g/mol. The second kappa shape index (κ2) is 4.06. The Morgan fingerprint density at radius 1 is 1.20 bits per heavy atom. The Kier molecular flexibility index (Phi) is 2.73. The molecule has 0 bridgehead atoms. The molecule has 0 saturated carbocycles. The molecule has 3 rings (SSSR count). The van der Waals surface area contributed by atoms with Crippen LogP contribution >= 0.6 is 15.9 Å². The molecule has 0 saturated heterocycles. The Morgan fingerprint density at radius 2 is 2.07 bits per heavy atom. The van der Waals surface area contributed by atoms with E-state index in [9.17, 15) is 0 Å². The summed E-state index contributed by atoms with van der Waals surface area (Å²) in [6.45, 7) is 2.31. The summed E-state index contributed by atoms with van der Waals surface area (Å²) < 4.78 is 4.52. The van der Waals surface area contributed by atoms with Crippen LogP contribution < -0.4 is 5.32 Å². The van der Waals surface area contributed by atoms with Crippen LogP contribution in [0.1, 0.15) is 10.0 Å². The fourth-order valence-electron chi connectivity index (χ4n) is 2.19. The van der Waals surface area contributed by atoms with Gasteiger partial charge in [0.15, 0.2) is 0 Å². The molecule has 0 fully saturated rings. The zero-order chi connectivity index (χ0) is 10.3. The molecule has 0 radical (unpaired) electrons. The molecule has 0 aliphatic carbocycles. The van der Waals surface area contributed by atoms with Crippen molar-refractivity contribution < 1.29 is 0 Å². The number of hydrogen-bond donors (Lipinski definition) is 1. The Hall–Kier alpha value is -0.0805. The van der Waals surface area contributed by atoms with Gasteiger partial charge in [-0.15, -0.1) is 0 Å². The van der Waals surface area contributed by atoms with E-state index in [1.807, 2.05) is 0 Å². The van der Waals surface area contributed by atoms with E-state index in [0.29, 0.717) is 14.5 Å². The van der Waals surface area contributed by atoms with Crippen molar-refractivity contribution in [2.24, 2.45) is 0 Å². The molecule has 0 atom stereocenters. The Morgan fingerprint density at radius 3 is 3.00 bits per heavy atom. The van der Waals surface area contributed by atoms with Crippen molar-refractivity contribution in [3.8, 4) is 0 Å². The third-order valence-corrected chi connectivity index (χ3v) is 6.04. The average molecular weight is 329 g/mol. The first-order chi connectivity index (χ1) is 7.34. The molecule has 1 aromatic carbocycles. The van der Waals surface area contributed by atoms with Gasteiger partial charge >= 0.3 is 104 Å². The van der Waals surface area contributed by atoms with E-state index in [4.69, 9.17) is 0 Å². The third kappa shape index (κ3) is 1.82. The second-order valence-corrected chi connectivity index (χ2v) is 7.19. The van der Waals surface area contributed by atoms with Gasteiger partial charge in [-0.2, -0.15) is 0 Å². The molecule has 1 aromatic heterocycles. The molecule has 0 spiro atoms. The molecule has 1 nitrogen and oxygen atoms in total. The standard InChI is InChI=1S/C12H12BrNSe/c13-8-1-2-9-10-3-5-14-6-4-11(10)15-12(9)7-8/h1-2,7,14H,3-6H2. The summed E-state index contributed by atoms with van der Waals surface area (Å²) in [5.74, 6) is 0. The SMILES string of the molecule is Brc1ccc2c3c([se]c2c1)CCNCC3. The number of benzene rings is 1. The zero-order valence-corrected chi connectivity index (χ0v) is 11.6. The molecule has 15 heavy (non-hydrogen) atoms. The van der Waals surface area contributed by atoms with Crippen LogP contribution in [-0.2, 0) is 12.8 Å². The van der Waals surface area contributed by atoms with Gasteiger partial charge in [0.05, 0.1) is 0 Å². The molecule has 2 heterocycles. The van der Waals surface area contributed by atoms with Crippen molar-refractivity contribution in [3.63, 3.8) is 0 Å². The summed E-state index contributed by atoms with van der Waals surface area (Å²) in [7, 11) is 0. The molecule has 0 unspecified atom stereocenters. The normalized spacial score (nSPS) is 16.3. The monoisotopic (exact) mass is 329 g/mol. The van der Waals surface area contributed by atoms with Crippen molar-refractivity contribution in [2.75, 3.05) is 13.1 Å². The summed E-state index contributed by atoms with van der Waals surface area (Å²) in [6.07, 6.45) is 2.47. The van der Waals surface area contributed by atoms with Crippen molar-refractivity contribution in [1.82, 2.24) is 5.32 Å². The van der Waals surface area contributed by atoms with E-state index >= 15 is 0 Å². The van der Waals surface area contributed by atoms with Gasteiger partial charge in [-0.05, 0) is 0 Å². The first kappa shape index (κ1) is 10.1. The van der Waals surface area contributed by atoms with Gasteiger partial charge in [0.1, 0.15) is 0 Å². The first-order valence-electron chi connectivity index (χ1n) is 5.25. The van der Waals surface area contributed by atoms with Gasteiger partial charge in [-0.3, -0.25) is 0 Å². The topological polar surface area (TPSA) is 12.0 Å².